The van der Waals surface area contributed by atoms with E-state index in [0.29, 0.717) is 28.5 Å². The lowest BCUT2D eigenvalue weighted by molar-refractivity contribution is -0.115. The largest absolute Gasteiger partial charge is 0.326 e. The lowest BCUT2D eigenvalue weighted by atomic mass is 10.0. The molecule has 45 heavy (non-hydrogen) atoms. The molecule has 0 aliphatic heterocycles. The molecule has 1 atom stereocenters. The summed E-state index contributed by atoms with van der Waals surface area (Å²) in [6, 6.07) is 30.6. The van der Waals surface area contributed by atoms with Gasteiger partial charge >= 0.3 is 0 Å². The summed E-state index contributed by atoms with van der Waals surface area (Å²) in [6.07, 6.45) is 1.65. The van der Waals surface area contributed by atoms with Gasteiger partial charge in [0, 0.05) is 34.4 Å². The van der Waals surface area contributed by atoms with Crippen molar-refractivity contribution < 1.29 is 19.2 Å². The molecular formula is C36H36N4O4S. The summed E-state index contributed by atoms with van der Waals surface area (Å²) < 4.78 is 0. The molecule has 4 N–H and O–H groups in total. The molecule has 0 bridgehead atoms. The minimum absolute atomic E-state index is 0.106. The third-order valence-corrected chi connectivity index (χ3v) is 7.82. The average molecular weight is 621 g/mol. The van der Waals surface area contributed by atoms with E-state index in [2.05, 4.69) is 35.1 Å². The van der Waals surface area contributed by atoms with Gasteiger partial charge in [-0.15, -0.1) is 11.8 Å². The number of rotatable bonds is 11. The fraction of sp³-hybridized carbons (Fsp3) is 0.167. The molecule has 0 spiro atoms. The monoisotopic (exact) mass is 620 g/mol. The smallest absolute Gasteiger partial charge is 0.272 e. The van der Waals surface area contributed by atoms with Gasteiger partial charge in [-0.25, -0.2) is 0 Å². The highest BCUT2D eigenvalue weighted by Gasteiger charge is 2.17. The van der Waals surface area contributed by atoms with Crippen LogP contribution >= 0.6 is 11.8 Å². The van der Waals surface area contributed by atoms with Crippen LogP contribution < -0.4 is 21.3 Å². The zero-order valence-electron chi connectivity index (χ0n) is 25.6. The van der Waals surface area contributed by atoms with Crippen LogP contribution in [-0.4, -0.2) is 28.9 Å². The predicted octanol–water partition coefficient (Wildman–Crippen LogP) is 7.30. The Bertz CT molecular complexity index is 1670. The van der Waals surface area contributed by atoms with Gasteiger partial charge in [-0.2, -0.15) is 0 Å². The molecule has 230 valence electrons. The molecule has 9 heteroatoms. The maximum atomic E-state index is 13.4. The van der Waals surface area contributed by atoms with Crippen molar-refractivity contribution in [2.45, 2.75) is 43.8 Å². The number of hydrogen-bond donors (Lipinski definition) is 4. The number of benzene rings is 4. The van der Waals surface area contributed by atoms with Gasteiger partial charge in [0.15, 0.2) is 0 Å². The Hall–Kier alpha value is -5.15. The van der Waals surface area contributed by atoms with Gasteiger partial charge < -0.3 is 21.3 Å². The van der Waals surface area contributed by atoms with Gasteiger partial charge in [-0.05, 0) is 90.7 Å². The fourth-order valence-corrected chi connectivity index (χ4v) is 5.11. The Morgan fingerprint density at radius 3 is 1.80 bits per heavy atom. The summed E-state index contributed by atoms with van der Waals surface area (Å²) in [6.45, 7) is 7.46. The van der Waals surface area contributed by atoms with Crippen LogP contribution in [0.25, 0.3) is 6.08 Å². The molecule has 0 aromatic heterocycles. The Balaban J connectivity index is 1.41. The molecule has 0 heterocycles. The summed E-state index contributed by atoms with van der Waals surface area (Å²) in [5, 5.41) is 10.8. The van der Waals surface area contributed by atoms with Gasteiger partial charge in [0.25, 0.3) is 11.8 Å². The zero-order chi connectivity index (χ0) is 32.3. The molecule has 1 unspecified atom stereocenters. The summed E-state index contributed by atoms with van der Waals surface area (Å²) in [4.78, 5) is 51.1. The van der Waals surface area contributed by atoms with E-state index in [0.717, 1.165) is 10.5 Å². The van der Waals surface area contributed by atoms with Gasteiger partial charge in [-0.1, -0.05) is 56.3 Å². The Morgan fingerprint density at radius 1 is 0.667 bits per heavy atom. The summed E-state index contributed by atoms with van der Waals surface area (Å²) in [7, 11) is 0. The van der Waals surface area contributed by atoms with Crippen molar-refractivity contribution in [2.24, 2.45) is 0 Å². The van der Waals surface area contributed by atoms with E-state index in [9.17, 15) is 19.2 Å². The minimum Gasteiger partial charge on any atom is -0.326 e. The maximum absolute atomic E-state index is 13.4. The van der Waals surface area contributed by atoms with E-state index in [1.54, 1.807) is 66.7 Å². The maximum Gasteiger partial charge on any atom is 0.272 e. The number of carbonyl (C=O) groups excluding carboxylic acids is 4. The van der Waals surface area contributed by atoms with Crippen LogP contribution in [0.1, 0.15) is 55.1 Å². The second kappa shape index (κ2) is 15.5. The van der Waals surface area contributed by atoms with Crippen LogP contribution in [0.2, 0.25) is 0 Å². The SMILES string of the molecule is CC(=O)Nc1ccc(NC(=O)C(C)Sc2ccc(NC(=O)/C(=C/c3ccc(C(C)C)cc3)NC(=O)c3ccccc3)cc2)cc1. The third kappa shape index (κ3) is 9.94. The van der Waals surface area contributed by atoms with E-state index in [1.807, 2.05) is 49.4 Å². The number of amides is 4. The quantitative estimate of drug-likeness (QED) is 0.104. The molecular weight excluding hydrogens is 584 g/mol. The van der Waals surface area contributed by atoms with E-state index >= 15 is 0 Å². The highest BCUT2D eigenvalue weighted by atomic mass is 32.2. The van der Waals surface area contributed by atoms with E-state index in [1.165, 1.54) is 24.2 Å². The Kier molecular flexibility index (Phi) is 11.3. The van der Waals surface area contributed by atoms with Crippen LogP contribution in [0.3, 0.4) is 0 Å². The first kappa shape index (κ1) is 32.8. The molecule has 4 aromatic rings. The van der Waals surface area contributed by atoms with Crippen LogP contribution in [0.5, 0.6) is 0 Å². The van der Waals surface area contributed by atoms with Crippen LogP contribution in [0.4, 0.5) is 17.1 Å². The van der Waals surface area contributed by atoms with E-state index in [4.69, 9.17) is 0 Å². The Labute approximate surface area is 267 Å². The first-order valence-corrected chi connectivity index (χ1v) is 15.4. The van der Waals surface area contributed by atoms with Crippen LogP contribution in [0, 0.1) is 0 Å². The predicted molar refractivity (Wildman–Crippen MR) is 182 cm³/mol. The fourth-order valence-electron chi connectivity index (χ4n) is 4.24. The number of hydrogen-bond acceptors (Lipinski definition) is 5. The number of anilines is 3. The lowest BCUT2D eigenvalue weighted by Crippen LogP contribution is -2.30. The molecule has 0 saturated carbocycles. The second-order valence-corrected chi connectivity index (χ2v) is 12.1. The molecule has 0 aliphatic rings. The summed E-state index contributed by atoms with van der Waals surface area (Å²) in [5.41, 5.74) is 4.31. The highest BCUT2D eigenvalue weighted by Crippen LogP contribution is 2.26. The van der Waals surface area contributed by atoms with Crippen molar-refractivity contribution in [1.82, 2.24) is 5.32 Å². The van der Waals surface area contributed by atoms with E-state index < -0.39 is 17.1 Å². The normalized spacial score (nSPS) is 11.8. The molecule has 4 amide bonds. The standard InChI is InChI=1S/C36H36N4O4S/c1-23(2)27-12-10-26(11-13-27)22-33(40-35(43)28-8-6-5-7-9-28)36(44)39-31-18-20-32(21-19-31)45-24(3)34(42)38-30-16-14-29(15-17-30)37-25(4)41/h5-24H,1-4H3,(H,37,41)(H,38,42)(H,39,44)(H,40,43)/b33-22-. The van der Waals surface area contributed by atoms with Crippen molar-refractivity contribution >= 4 is 58.5 Å². The number of thioether (sulfide) groups is 1. The molecule has 0 aliphatic carbocycles. The van der Waals surface area contributed by atoms with Crippen molar-refractivity contribution in [3.8, 4) is 0 Å². The van der Waals surface area contributed by atoms with E-state index in [-0.39, 0.29) is 17.5 Å². The topological polar surface area (TPSA) is 116 Å². The zero-order valence-corrected chi connectivity index (χ0v) is 26.4. The molecule has 0 fully saturated rings. The molecule has 0 radical (unpaired) electrons. The first-order valence-electron chi connectivity index (χ1n) is 14.5. The Morgan fingerprint density at radius 2 is 1.22 bits per heavy atom. The second-order valence-electron chi connectivity index (χ2n) is 10.7. The first-order chi connectivity index (χ1) is 21.6. The lowest BCUT2D eigenvalue weighted by Gasteiger charge is -2.14. The van der Waals surface area contributed by atoms with Gasteiger partial charge in [0.05, 0.1) is 5.25 Å². The molecule has 0 saturated heterocycles. The molecule has 4 rings (SSSR count). The van der Waals surface area contributed by atoms with Gasteiger partial charge in [0.1, 0.15) is 5.70 Å². The summed E-state index contributed by atoms with van der Waals surface area (Å²) in [5.74, 6) is -0.823. The summed E-state index contributed by atoms with van der Waals surface area (Å²) >= 11 is 1.38. The average Bonchev–Trinajstić information content (AvgIpc) is 3.03. The third-order valence-electron chi connectivity index (χ3n) is 6.71. The van der Waals surface area contributed by atoms with Crippen molar-refractivity contribution in [3.63, 3.8) is 0 Å². The van der Waals surface area contributed by atoms with Crippen LogP contribution in [-0.2, 0) is 14.4 Å². The van der Waals surface area contributed by atoms with Crippen molar-refractivity contribution in [2.75, 3.05) is 16.0 Å². The van der Waals surface area contributed by atoms with Crippen molar-refractivity contribution in [3.05, 3.63) is 126 Å². The van der Waals surface area contributed by atoms with Crippen LogP contribution in [0.15, 0.2) is 114 Å². The number of carbonyl (C=O) groups is 4. The van der Waals surface area contributed by atoms with Crippen molar-refractivity contribution in [1.29, 1.82) is 0 Å². The molecule has 4 aromatic carbocycles. The highest BCUT2D eigenvalue weighted by molar-refractivity contribution is 8.00. The number of nitrogens with one attached hydrogen (secondary N) is 4. The molecule has 8 nitrogen and oxygen atoms in total. The van der Waals surface area contributed by atoms with Gasteiger partial charge in [0.2, 0.25) is 11.8 Å². The van der Waals surface area contributed by atoms with Gasteiger partial charge in [-0.3, -0.25) is 19.2 Å². The minimum atomic E-state index is -0.468.